The van der Waals surface area contributed by atoms with Crippen LogP contribution in [0.4, 0.5) is 0 Å². The van der Waals surface area contributed by atoms with Crippen molar-refractivity contribution in [2.45, 2.75) is 45.4 Å². The summed E-state index contributed by atoms with van der Waals surface area (Å²) >= 11 is 1.82. The number of aryl methyl sites for hydroxylation is 1. The SMILES string of the molecule is CCS(=O)(=O)N[C@@H]1CN(Cc2ccc(C)s2)C[C@@H]2CCCO[C@@H]21. The molecule has 0 unspecified atom stereocenters. The Hall–Kier alpha value is -0.470. The van der Waals surface area contributed by atoms with Crippen molar-refractivity contribution in [2.24, 2.45) is 5.92 Å². The fourth-order valence-electron chi connectivity index (χ4n) is 3.63. The minimum Gasteiger partial charge on any atom is -0.376 e. The third-order valence-corrected chi connectivity index (χ3v) is 7.13. The van der Waals surface area contributed by atoms with Crippen LogP contribution in [0.15, 0.2) is 12.1 Å². The molecule has 23 heavy (non-hydrogen) atoms. The van der Waals surface area contributed by atoms with Gasteiger partial charge in [-0.25, -0.2) is 13.1 Å². The highest BCUT2D eigenvalue weighted by Gasteiger charge is 2.40. The zero-order valence-corrected chi connectivity index (χ0v) is 15.5. The molecule has 0 radical (unpaired) electrons. The molecule has 3 atom stereocenters. The molecule has 2 aliphatic rings. The van der Waals surface area contributed by atoms with E-state index in [1.54, 1.807) is 6.92 Å². The van der Waals surface area contributed by atoms with Crippen LogP contribution in [0, 0.1) is 12.8 Å². The van der Waals surface area contributed by atoms with Crippen LogP contribution in [0.2, 0.25) is 0 Å². The maximum Gasteiger partial charge on any atom is 0.211 e. The number of thiophene rings is 1. The van der Waals surface area contributed by atoms with E-state index in [0.717, 1.165) is 39.1 Å². The Balaban J connectivity index is 1.73. The van der Waals surface area contributed by atoms with Crippen LogP contribution in [0.25, 0.3) is 0 Å². The number of rotatable bonds is 5. The van der Waals surface area contributed by atoms with Crippen LogP contribution in [0.3, 0.4) is 0 Å². The molecule has 130 valence electrons. The second-order valence-corrected chi connectivity index (χ2v) is 9.99. The first-order chi connectivity index (χ1) is 11.0. The summed E-state index contributed by atoms with van der Waals surface area (Å²) in [7, 11) is -3.22. The number of sulfonamides is 1. The van der Waals surface area contributed by atoms with Crippen molar-refractivity contribution in [3.63, 3.8) is 0 Å². The first-order valence-electron chi connectivity index (χ1n) is 8.36. The van der Waals surface area contributed by atoms with Gasteiger partial charge < -0.3 is 4.74 Å². The highest BCUT2D eigenvalue weighted by atomic mass is 32.2. The first-order valence-corrected chi connectivity index (χ1v) is 10.8. The van der Waals surface area contributed by atoms with Gasteiger partial charge in [-0.05, 0) is 44.7 Å². The van der Waals surface area contributed by atoms with Gasteiger partial charge in [-0.3, -0.25) is 4.90 Å². The molecule has 2 fully saturated rings. The van der Waals surface area contributed by atoms with Gasteiger partial charge in [-0.2, -0.15) is 0 Å². The Morgan fingerprint density at radius 3 is 2.91 bits per heavy atom. The van der Waals surface area contributed by atoms with Crippen LogP contribution >= 0.6 is 11.3 Å². The molecule has 0 aromatic carbocycles. The van der Waals surface area contributed by atoms with Gasteiger partial charge in [-0.1, -0.05) is 0 Å². The van der Waals surface area contributed by atoms with Crippen molar-refractivity contribution >= 4 is 21.4 Å². The number of hydrogen-bond donors (Lipinski definition) is 1. The molecule has 0 aliphatic carbocycles. The smallest absolute Gasteiger partial charge is 0.211 e. The highest BCUT2D eigenvalue weighted by molar-refractivity contribution is 7.89. The first kappa shape index (κ1) is 17.4. The van der Waals surface area contributed by atoms with Gasteiger partial charge in [0.15, 0.2) is 0 Å². The predicted molar refractivity (Wildman–Crippen MR) is 93.2 cm³/mol. The molecule has 2 aliphatic heterocycles. The van der Waals surface area contributed by atoms with E-state index >= 15 is 0 Å². The lowest BCUT2D eigenvalue weighted by Gasteiger charge is -2.45. The van der Waals surface area contributed by atoms with Crippen LogP contribution in [-0.4, -0.2) is 50.9 Å². The maximum atomic E-state index is 12.0. The van der Waals surface area contributed by atoms with Crippen molar-refractivity contribution in [2.75, 3.05) is 25.4 Å². The standard InChI is InChI=1S/C16H26N2O3S2/c1-3-23(19,20)17-15-11-18(10-14-7-6-12(2)22-14)9-13-5-4-8-21-16(13)15/h6-7,13,15-17H,3-5,8-11H2,1-2H3/t13-,15+,16-/m0/s1. The number of piperidine rings is 1. The molecule has 0 bridgehead atoms. The number of ether oxygens (including phenoxy) is 1. The minimum atomic E-state index is -3.22. The predicted octanol–water partition coefficient (Wildman–Crippen LogP) is 1.98. The summed E-state index contributed by atoms with van der Waals surface area (Å²) in [6.45, 7) is 7.15. The zero-order chi connectivity index (χ0) is 16.4. The van der Waals surface area contributed by atoms with E-state index in [1.165, 1.54) is 9.75 Å². The number of nitrogens with zero attached hydrogens (tertiary/aromatic N) is 1. The van der Waals surface area contributed by atoms with E-state index in [2.05, 4.69) is 28.7 Å². The Morgan fingerprint density at radius 1 is 1.39 bits per heavy atom. The molecule has 1 aromatic heterocycles. The van der Waals surface area contributed by atoms with Gasteiger partial charge in [0, 0.05) is 36.0 Å². The number of nitrogens with one attached hydrogen (secondary N) is 1. The monoisotopic (exact) mass is 358 g/mol. The molecular weight excluding hydrogens is 332 g/mol. The Bertz CT molecular complexity index is 629. The second kappa shape index (κ2) is 7.19. The molecule has 7 heteroatoms. The molecule has 1 N–H and O–H groups in total. The third kappa shape index (κ3) is 4.33. The molecule has 3 rings (SSSR count). The number of fused-ring (bicyclic) bond motifs is 1. The summed E-state index contributed by atoms with van der Waals surface area (Å²) < 4.78 is 32.9. The number of hydrogen-bond acceptors (Lipinski definition) is 5. The van der Waals surface area contributed by atoms with Gasteiger partial charge in [0.05, 0.1) is 17.9 Å². The van der Waals surface area contributed by atoms with Gasteiger partial charge >= 0.3 is 0 Å². The lowest BCUT2D eigenvalue weighted by Crippen LogP contribution is -2.60. The van der Waals surface area contributed by atoms with Crippen molar-refractivity contribution < 1.29 is 13.2 Å². The summed E-state index contributed by atoms with van der Waals surface area (Å²) in [4.78, 5) is 5.04. The van der Waals surface area contributed by atoms with E-state index in [0.29, 0.717) is 5.92 Å². The number of likely N-dealkylation sites (tertiary alicyclic amines) is 1. The van der Waals surface area contributed by atoms with E-state index in [1.807, 2.05) is 11.3 Å². The van der Waals surface area contributed by atoms with Gasteiger partial charge in [0.25, 0.3) is 0 Å². The highest BCUT2D eigenvalue weighted by Crippen LogP contribution is 2.30. The zero-order valence-electron chi connectivity index (χ0n) is 13.8. The molecule has 5 nitrogen and oxygen atoms in total. The van der Waals surface area contributed by atoms with Gasteiger partial charge in [-0.15, -0.1) is 11.3 Å². The summed E-state index contributed by atoms with van der Waals surface area (Å²) in [6, 6.07) is 4.18. The van der Waals surface area contributed by atoms with E-state index in [-0.39, 0.29) is 17.9 Å². The quantitative estimate of drug-likeness (QED) is 0.874. The summed E-state index contributed by atoms with van der Waals surface area (Å²) in [6.07, 6.45) is 2.21. The Labute approximate surface area is 143 Å². The summed E-state index contributed by atoms with van der Waals surface area (Å²) in [5, 5.41) is 0. The van der Waals surface area contributed by atoms with E-state index in [4.69, 9.17) is 4.74 Å². The van der Waals surface area contributed by atoms with Gasteiger partial charge in [0.2, 0.25) is 10.0 Å². The second-order valence-electron chi connectivity index (χ2n) is 6.57. The summed E-state index contributed by atoms with van der Waals surface area (Å²) in [5.74, 6) is 0.536. The molecule has 3 heterocycles. The van der Waals surface area contributed by atoms with Crippen LogP contribution in [0.5, 0.6) is 0 Å². The lowest BCUT2D eigenvalue weighted by atomic mass is 9.86. The van der Waals surface area contributed by atoms with Gasteiger partial charge in [0.1, 0.15) is 0 Å². The largest absolute Gasteiger partial charge is 0.376 e. The normalized spacial score (nSPS) is 29.4. The lowest BCUT2D eigenvalue weighted by molar-refractivity contribution is -0.0822. The molecule has 1 aromatic rings. The average molecular weight is 359 g/mol. The molecular formula is C16H26N2O3S2. The molecule has 2 saturated heterocycles. The van der Waals surface area contributed by atoms with Crippen LogP contribution in [0.1, 0.15) is 29.5 Å². The van der Waals surface area contributed by atoms with E-state index in [9.17, 15) is 8.42 Å². The summed E-state index contributed by atoms with van der Waals surface area (Å²) in [5.41, 5.74) is 0. The maximum absolute atomic E-state index is 12.0. The third-order valence-electron chi connectivity index (χ3n) is 4.72. The molecule has 0 spiro atoms. The minimum absolute atomic E-state index is 0.0198. The Kier molecular flexibility index (Phi) is 5.42. The Morgan fingerprint density at radius 2 is 2.22 bits per heavy atom. The van der Waals surface area contributed by atoms with Crippen molar-refractivity contribution in [3.05, 3.63) is 21.9 Å². The molecule has 0 saturated carbocycles. The van der Waals surface area contributed by atoms with Crippen molar-refractivity contribution in [1.29, 1.82) is 0 Å². The fourth-order valence-corrected chi connectivity index (χ4v) is 5.40. The van der Waals surface area contributed by atoms with E-state index < -0.39 is 10.0 Å². The molecule has 0 amide bonds. The van der Waals surface area contributed by atoms with Crippen molar-refractivity contribution in [3.8, 4) is 0 Å². The average Bonchev–Trinajstić information content (AvgIpc) is 2.92. The van der Waals surface area contributed by atoms with Crippen LogP contribution in [-0.2, 0) is 21.3 Å². The van der Waals surface area contributed by atoms with Crippen LogP contribution < -0.4 is 4.72 Å². The topological polar surface area (TPSA) is 58.6 Å². The fraction of sp³-hybridized carbons (Fsp3) is 0.750. The van der Waals surface area contributed by atoms with Crippen molar-refractivity contribution in [1.82, 2.24) is 9.62 Å².